The number of rotatable bonds is 4. The molecule has 23 heavy (non-hydrogen) atoms. The first kappa shape index (κ1) is 16.7. The van der Waals surface area contributed by atoms with Crippen LogP contribution >= 0.6 is 0 Å². The van der Waals surface area contributed by atoms with E-state index >= 15 is 0 Å². The molecule has 0 radical (unpaired) electrons. The molecule has 2 fully saturated rings. The zero-order valence-electron chi connectivity index (χ0n) is 13.6. The van der Waals surface area contributed by atoms with Crippen molar-refractivity contribution in [3.8, 4) is 0 Å². The molecule has 3 rings (SSSR count). The number of hydrogen-bond acceptors (Lipinski definition) is 7. The Bertz CT molecular complexity index is 511. The van der Waals surface area contributed by atoms with Crippen LogP contribution < -0.4 is 10.4 Å². The summed E-state index contributed by atoms with van der Waals surface area (Å²) < 4.78 is 5.91. The van der Waals surface area contributed by atoms with E-state index in [1.165, 1.54) is 0 Å². The van der Waals surface area contributed by atoms with Crippen LogP contribution in [-0.4, -0.2) is 97.5 Å². The number of pyridine rings is 1. The van der Waals surface area contributed by atoms with Gasteiger partial charge < -0.3 is 24.6 Å². The van der Waals surface area contributed by atoms with E-state index in [2.05, 4.69) is 26.7 Å². The summed E-state index contributed by atoms with van der Waals surface area (Å²) in [6, 6.07) is 3.36. The standard InChI is InChI=1S/C15H25BN4O3/c1-18-4-6-19(7-5-18)11-14-12-20(8-9-23-14)15-10-13(16(21)22)2-3-17-15/h2-3,10,14,21-22H,4-9,11-12H2,1H3/t14-/m0/s1. The quantitative estimate of drug-likeness (QED) is 0.635. The smallest absolute Gasteiger partial charge is 0.423 e. The summed E-state index contributed by atoms with van der Waals surface area (Å²) in [5.74, 6) is 0.780. The molecule has 2 saturated heterocycles. The summed E-state index contributed by atoms with van der Waals surface area (Å²) in [5.41, 5.74) is 0.470. The maximum Gasteiger partial charge on any atom is 0.488 e. The normalized spacial score (nSPS) is 24.0. The Kier molecular flexibility index (Phi) is 5.50. The van der Waals surface area contributed by atoms with Gasteiger partial charge >= 0.3 is 7.12 Å². The van der Waals surface area contributed by atoms with Gasteiger partial charge in [-0.25, -0.2) is 4.98 Å². The third-order valence-electron chi connectivity index (χ3n) is 4.59. The molecule has 0 bridgehead atoms. The molecule has 1 aromatic rings. The first-order valence-corrected chi connectivity index (χ1v) is 8.21. The molecule has 7 nitrogen and oxygen atoms in total. The van der Waals surface area contributed by atoms with Gasteiger partial charge in [0.1, 0.15) is 5.82 Å². The van der Waals surface area contributed by atoms with E-state index in [-0.39, 0.29) is 6.10 Å². The number of aromatic nitrogens is 1. The zero-order chi connectivity index (χ0) is 16.2. The van der Waals surface area contributed by atoms with E-state index in [0.29, 0.717) is 12.1 Å². The Hall–Kier alpha value is -1.19. The van der Waals surface area contributed by atoms with Crippen molar-refractivity contribution in [3.05, 3.63) is 18.3 Å². The minimum absolute atomic E-state index is 0.164. The van der Waals surface area contributed by atoms with Crippen LogP contribution in [0.2, 0.25) is 0 Å². The van der Waals surface area contributed by atoms with E-state index in [9.17, 15) is 10.0 Å². The topological polar surface area (TPSA) is 72.3 Å². The van der Waals surface area contributed by atoms with Crippen LogP contribution in [-0.2, 0) is 4.74 Å². The van der Waals surface area contributed by atoms with Gasteiger partial charge in [0, 0.05) is 52.0 Å². The summed E-state index contributed by atoms with van der Waals surface area (Å²) in [6.45, 7) is 7.55. The fourth-order valence-electron chi connectivity index (χ4n) is 3.12. The second kappa shape index (κ2) is 7.59. The van der Waals surface area contributed by atoms with Crippen molar-refractivity contribution in [1.82, 2.24) is 14.8 Å². The zero-order valence-corrected chi connectivity index (χ0v) is 13.6. The predicted octanol–water partition coefficient (Wildman–Crippen LogP) is -1.79. The van der Waals surface area contributed by atoms with Crippen molar-refractivity contribution in [1.29, 1.82) is 0 Å². The van der Waals surface area contributed by atoms with Crippen molar-refractivity contribution in [2.75, 3.05) is 64.4 Å². The van der Waals surface area contributed by atoms with E-state index in [1.54, 1.807) is 18.3 Å². The number of hydrogen-bond donors (Lipinski definition) is 2. The van der Waals surface area contributed by atoms with Gasteiger partial charge in [0.15, 0.2) is 0 Å². The van der Waals surface area contributed by atoms with Crippen molar-refractivity contribution in [3.63, 3.8) is 0 Å². The molecule has 2 N–H and O–H groups in total. The van der Waals surface area contributed by atoms with Gasteiger partial charge in [-0.3, -0.25) is 4.90 Å². The lowest BCUT2D eigenvalue weighted by atomic mass is 9.81. The Labute approximate surface area is 137 Å². The van der Waals surface area contributed by atoms with Crippen LogP contribution in [0.4, 0.5) is 5.82 Å². The second-order valence-corrected chi connectivity index (χ2v) is 6.36. The highest BCUT2D eigenvalue weighted by Crippen LogP contribution is 2.15. The van der Waals surface area contributed by atoms with Gasteiger partial charge in [-0.2, -0.15) is 0 Å². The van der Waals surface area contributed by atoms with E-state index < -0.39 is 7.12 Å². The van der Waals surface area contributed by atoms with E-state index in [4.69, 9.17) is 4.74 Å². The molecule has 2 aliphatic rings. The average molecular weight is 320 g/mol. The number of likely N-dealkylation sites (N-methyl/N-ethyl adjacent to an activating group) is 1. The van der Waals surface area contributed by atoms with Gasteiger partial charge in [0.2, 0.25) is 0 Å². The summed E-state index contributed by atoms with van der Waals surface area (Å²) in [5, 5.41) is 18.6. The molecule has 1 aromatic heterocycles. The third-order valence-corrected chi connectivity index (χ3v) is 4.59. The summed E-state index contributed by atoms with van der Waals surface area (Å²) >= 11 is 0. The Morgan fingerprint density at radius 3 is 2.78 bits per heavy atom. The lowest BCUT2D eigenvalue weighted by Gasteiger charge is -2.38. The molecule has 0 aliphatic carbocycles. The molecule has 0 saturated carbocycles. The van der Waals surface area contributed by atoms with Crippen molar-refractivity contribution >= 4 is 18.4 Å². The van der Waals surface area contributed by atoms with Crippen molar-refractivity contribution in [2.45, 2.75) is 6.10 Å². The highest BCUT2D eigenvalue weighted by molar-refractivity contribution is 6.58. The van der Waals surface area contributed by atoms with Crippen molar-refractivity contribution < 1.29 is 14.8 Å². The van der Waals surface area contributed by atoms with Crippen molar-refractivity contribution in [2.24, 2.45) is 0 Å². The number of morpholine rings is 1. The number of anilines is 1. The molecular formula is C15H25BN4O3. The van der Waals surface area contributed by atoms with Gasteiger partial charge in [-0.05, 0) is 24.6 Å². The first-order chi connectivity index (χ1) is 11.1. The van der Waals surface area contributed by atoms with Crippen LogP contribution in [0.15, 0.2) is 18.3 Å². The lowest BCUT2D eigenvalue weighted by molar-refractivity contribution is 0.00663. The molecular weight excluding hydrogens is 295 g/mol. The second-order valence-electron chi connectivity index (χ2n) is 6.36. The maximum absolute atomic E-state index is 9.31. The highest BCUT2D eigenvalue weighted by Gasteiger charge is 2.25. The minimum atomic E-state index is -1.46. The number of ether oxygens (including phenoxy) is 1. The molecule has 0 aromatic carbocycles. The fraction of sp³-hybridized carbons (Fsp3) is 0.667. The first-order valence-electron chi connectivity index (χ1n) is 8.21. The third kappa shape index (κ3) is 4.42. The fourth-order valence-corrected chi connectivity index (χ4v) is 3.12. The molecule has 126 valence electrons. The van der Waals surface area contributed by atoms with E-state index in [0.717, 1.165) is 51.6 Å². The largest absolute Gasteiger partial charge is 0.488 e. The molecule has 2 aliphatic heterocycles. The highest BCUT2D eigenvalue weighted by atomic mass is 16.5. The van der Waals surface area contributed by atoms with Gasteiger partial charge in [0.25, 0.3) is 0 Å². The SMILES string of the molecule is CN1CCN(C[C@H]2CN(c3cc(B(O)O)ccn3)CCO2)CC1. The van der Waals surface area contributed by atoms with Gasteiger partial charge in [-0.1, -0.05) is 0 Å². The van der Waals surface area contributed by atoms with Crippen LogP contribution in [0.3, 0.4) is 0 Å². The monoisotopic (exact) mass is 320 g/mol. The maximum atomic E-state index is 9.31. The molecule has 1 atom stereocenters. The molecule has 0 amide bonds. The Morgan fingerprint density at radius 2 is 2.04 bits per heavy atom. The van der Waals surface area contributed by atoms with Crippen LogP contribution in [0.5, 0.6) is 0 Å². The van der Waals surface area contributed by atoms with Crippen LogP contribution in [0.1, 0.15) is 0 Å². The van der Waals surface area contributed by atoms with E-state index in [1.807, 2.05) is 0 Å². The number of piperazine rings is 1. The lowest BCUT2D eigenvalue weighted by Crippen LogP contribution is -2.52. The average Bonchev–Trinajstić information content (AvgIpc) is 2.57. The number of nitrogens with zero attached hydrogens (tertiary/aromatic N) is 4. The van der Waals surface area contributed by atoms with Gasteiger partial charge in [0.05, 0.1) is 12.7 Å². The summed E-state index contributed by atoms with van der Waals surface area (Å²) in [7, 11) is 0.698. The Balaban J connectivity index is 1.58. The molecule has 8 heteroatoms. The summed E-state index contributed by atoms with van der Waals surface area (Å²) in [6.07, 6.45) is 1.78. The van der Waals surface area contributed by atoms with Gasteiger partial charge in [-0.15, -0.1) is 0 Å². The molecule has 3 heterocycles. The predicted molar refractivity (Wildman–Crippen MR) is 90.0 cm³/mol. The molecule has 0 spiro atoms. The molecule has 0 unspecified atom stereocenters. The Morgan fingerprint density at radius 1 is 1.26 bits per heavy atom. The summed E-state index contributed by atoms with van der Waals surface area (Å²) in [4.78, 5) is 11.3. The minimum Gasteiger partial charge on any atom is -0.423 e. The van der Waals surface area contributed by atoms with Crippen LogP contribution in [0.25, 0.3) is 0 Å². The van der Waals surface area contributed by atoms with Crippen LogP contribution in [0, 0.1) is 0 Å².